The molecular formula is C23H27NO5. The van der Waals surface area contributed by atoms with Crippen LogP contribution in [0.25, 0.3) is 0 Å². The number of rotatable bonds is 7. The van der Waals surface area contributed by atoms with Crippen LogP contribution >= 0.6 is 0 Å². The highest BCUT2D eigenvalue weighted by Crippen LogP contribution is 2.30. The molecule has 6 heteroatoms. The van der Waals surface area contributed by atoms with Crippen molar-refractivity contribution < 1.29 is 23.8 Å². The normalized spacial score (nSPS) is 15.4. The van der Waals surface area contributed by atoms with Gasteiger partial charge in [-0.2, -0.15) is 0 Å². The first-order chi connectivity index (χ1) is 14.0. The number of amides is 1. The van der Waals surface area contributed by atoms with E-state index in [-0.39, 0.29) is 24.7 Å². The number of carbonyl (C=O) groups excluding carboxylic acids is 2. The molecule has 0 aromatic heterocycles. The van der Waals surface area contributed by atoms with Gasteiger partial charge in [0, 0.05) is 0 Å². The SMILES string of the molecule is COc1cc(C(=O)OCC(=O)NC2CCCc3ccccc32)ccc1OC(C)C. The van der Waals surface area contributed by atoms with E-state index in [2.05, 4.69) is 11.4 Å². The van der Waals surface area contributed by atoms with E-state index in [0.717, 1.165) is 24.8 Å². The fourth-order valence-corrected chi connectivity index (χ4v) is 3.50. The monoisotopic (exact) mass is 397 g/mol. The third-order valence-corrected chi connectivity index (χ3v) is 4.80. The number of hydrogen-bond donors (Lipinski definition) is 1. The van der Waals surface area contributed by atoms with Gasteiger partial charge in [-0.3, -0.25) is 4.79 Å². The third-order valence-electron chi connectivity index (χ3n) is 4.80. The molecule has 1 aliphatic carbocycles. The standard InChI is InChI=1S/C23H27NO5/c1-15(2)29-20-12-11-17(13-21(20)27-3)23(26)28-14-22(25)24-19-10-6-8-16-7-4-5-9-18(16)19/h4-5,7,9,11-13,15,19H,6,8,10,14H2,1-3H3,(H,24,25). The number of ether oxygens (including phenoxy) is 3. The topological polar surface area (TPSA) is 73.9 Å². The van der Waals surface area contributed by atoms with Crippen molar-refractivity contribution in [3.63, 3.8) is 0 Å². The van der Waals surface area contributed by atoms with E-state index in [0.29, 0.717) is 17.1 Å². The Bertz CT molecular complexity index is 877. The van der Waals surface area contributed by atoms with Crippen LogP contribution in [0.2, 0.25) is 0 Å². The van der Waals surface area contributed by atoms with Gasteiger partial charge in [-0.15, -0.1) is 0 Å². The summed E-state index contributed by atoms with van der Waals surface area (Å²) < 4.78 is 16.1. The zero-order chi connectivity index (χ0) is 20.8. The predicted molar refractivity (Wildman–Crippen MR) is 109 cm³/mol. The summed E-state index contributed by atoms with van der Waals surface area (Å²) in [5, 5.41) is 2.97. The van der Waals surface area contributed by atoms with Crippen LogP contribution in [0.5, 0.6) is 11.5 Å². The van der Waals surface area contributed by atoms with Gasteiger partial charge < -0.3 is 19.5 Å². The highest BCUT2D eigenvalue weighted by molar-refractivity contribution is 5.92. The summed E-state index contributed by atoms with van der Waals surface area (Å²) in [6.07, 6.45) is 2.91. The van der Waals surface area contributed by atoms with Gasteiger partial charge in [0.15, 0.2) is 18.1 Å². The molecule has 0 radical (unpaired) electrons. The highest BCUT2D eigenvalue weighted by atomic mass is 16.5. The molecule has 1 N–H and O–H groups in total. The number of esters is 1. The Balaban J connectivity index is 1.57. The van der Waals surface area contributed by atoms with Crippen LogP contribution in [0.1, 0.15) is 54.2 Å². The number of nitrogens with one attached hydrogen (secondary N) is 1. The fraction of sp³-hybridized carbons (Fsp3) is 0.391. The molecule has 1 unspecified atom stereocenters. The molecule has 2 aromatic rings. The zero-order valence-electron chi connectivity index (χ0n) is 17.1. The smallest absolute Gasteiger partial charge is 0.338 e. The van der Waals surface area contributed by atoms with Gasteiger partial charge in [0.05, 0.1) is 24.8 Å². The van der Waals surface area contributed by atoms with Gasteiger partial charge >= 0.3 is 5.97 Å². The summed E-state index contributed by atoms with van der Waals surface area (Å²) in [6, 6.07) is 12.9. The number of hydrogen-bond acceptors (Lipinski definition) is 5. The molecule has 2 aromatic carbocycles. The Morgan fingerprint density at radius 2 is 1.93 bits per heavy atom. The van der Waals surface area contributed by atoms with Crippen LogP contribution in [0.3, 0.4) is 0 Å². The van der Waals surface area contributed by atoms with Crippen LogP contribution in [0.15, 0.2) is 42.5 Å². The first kappa shape index (κ1) is 20.7. The number of fused-ring (bicyclic) bond motifs is 1. The van der Waals surface area contributed by atoms with Gasteiger partial charge in [0.2, 0.25) is 0 Å². The van der Waals surface area contributed by atoms with Crippen molar-refractivity contribution in [3.8, 4) is 11.5 Å². The molecule has 6 nitrogen and oxygen atoms in total. The van der Waals surface area contributed by atoms with E-state index in [1.54, 1.807) is 18.2 Å². The molecule has 29 heavy (non-hydrogen) atoms. The summed E-state index contributed by atoms with van der Waals surface area (Å²) >= 11 is 0. The predicted octanol–water partition coefficient (Wildman–Crippen LogP) is 3.83. The zero-order valence-corrected chi connectivity index (χ0v) is 17.1. The fourth-order valence-electron chi connectivity index (χ4n) is 3.50. The largest absolute Gasteiger partial charge is 0.493 e. The summed E-state index contributed by atoms with van der Waals surface area (Å²) in [4.78, 5) is 24.7. The van der Waals surface area contributed by atoms with Crippen LogP contribution in [-0.2, 0) is 16.0 Å². The molecule has 1 atom stereocenters. The number of carbonyl (C=O) groups is 2. The second-order valence-electron chi connectivity index (χ2n) is 7.32. The molecule has 3 rings (SSSR count). The van der Waals surface area contributed by atoms with Gasteiger partial charge in [-0.1, -0.05) is 24.3 Å². The van der Waals surface area contributed by atoms with E-state index in [9.17, 15) is 9.59 Å². The first-order valence-electron chi connectivity index (χ1n) is 9.87. The van der Waals surface area contributed by atoms with Gasteiger partial charge in [0.25, 0.3) is 5.91 Å². The van der Waals surface area contributed by atoms with Crippen LogP contribution < -0.4 is 14.8 Å². The van der Waals surface area contributed by atoms with Crippen LogP contribution in [0, 0.1) is 0 Å². The van der Waals surface area contributed by atoms with Gasteiger partial charge in [-0.25, -0.2) is 4.79 Å². The molecule has 0 spiro atoms. The maximum absolute atomic E-state index is 12.3. The summed E-state index contributed by atoms with van der Waals surface area (Å²) in [7, 11) is 1.51. The van der Waals surface area contributed by atoms with E-state index in [1.807, 2.05) is 32.0 Å². The Labute approximate surface area is 171 Å². The minimum atomic E-state index is -0.585. The lowest BCUT2D eigenvalue weighted by molar-refractivity contribution is -0.125. The molecule has 1 amide bonds. The Hall–Kier alpha value is -3.02. The van der Waals surface area contributed by atoms with Crippen molar-refractivity contribution >= 4 is 11.9 Å². The summed E-state index contributed by atoms with van der Waals surface area (Å²) in [5.74, 6) is 0.0922. The molecule has 0 aliphatic heterocycles. The van der Waals surface area contributed by atoms with Crippen molar-refractivity contribution in [2.75, 3.05) is 13.7 Å². The number of aryl methyl sites for hydroxylation is 1. The summed E-state index contributed by atoms with van der Waals surface area (Å²) in [5.41, 5.74) is 2.70. The molecule has 0 heterocycles. The first-order valence-corrected chi connectivity index (χ1v) is 9.87. The van der Waals surface area contributed by atoms with E-state index in [4.69, 9.17) is 14.2 Å². The lowest BCUT2D eigenvalue weighted by Gasteiger charge is -2.26. The van der Waals surface area contributed by atoms with E-state index >= 15 is 0 Å². The molecule has 0 bridgehead atoms. The van der Waals surface area contributed by atoms with Crippen molar-refractivity contribution in [3.05, 3.63) is 59.2 Å². The molecule has 154 valence electrons. The molecule has 0 saturated carbocycles. The maximum atomic E-state index is 12.3. The van der Waals surface area contributed by atoms with Crippen LogP contribution in [-0.4, -0.2) is 31.7 Å². The quantitative estimate of drug-likeness (QED) is 0.719. The van der Waals surface area contributed by atoms with Crippen molar-refractivity contribution in [2.45, 2.75) is 45.3 Å². The lowest BCUT2D eigenvalue weighted by atomic mass is 9.88. The van der Waals surface area contributed by atoms with E-state index < -0.39 is 5.97 Å². The molecule has 1 aliphatic rings. The maximum Gasteiger partial charge on any atom is 0.338 e. The van der Waals surface area contributed by atoms with Crippen molar-refractivity contribution in [1.29, 1.82) is 0 Å². The molecule has 0 saturated heterocycles. The average Bonchev–Trinajstić information content (AvgIpc) is 2.72. The van der Waals surface area contributed by atoms with Crippen molar-refractivity contribution in [1.82, 2.24) is 5.32 Å². The van der Waals surface area contributed by atoms with E-state index in [1.165, 1.54) is 12.7 Å². The van der Waals surface area contributed by atoms with Crippen LogP contribution in [0.4, 0.5) is 0 Å². The third kappa shape index (κ3) is 5.28. The van der Waals surface area contributed by atoms with Crippen molar-refractivity contribution in [2.24, 2.45) is 0 Å². The minimum absolute atomic E-state index is 0.0182. The number of methoxy groups -OCH3 is 1. The van der Waals surface area contributed by atoms with Gasteiger partial charge in [-0.05, 0) is 62.4 Å². The average molecular weight is 397 g/mol. The second kappa shape index (κ2) is 9.45. The Kier molecular flexibility index (Phi) is 6.75. The highest BCUT2D eigenvalue weighted by Gasteiger charge is 2.22. The minimum Gasteiger partial charge on any atom is -0.493 e. The molecule has 0 fully saturated rings. The summed E-state index contributed by atoms with van der Waals surface area (Å²) in [6.45, 7) is 3.49. The Morgan fingerprint density at radius 3 is 2.69 bits per heavy atom. The molecular weight excluding hydrogens is 370 g/mol. The Morgan fingerprint density at radius 1 is 1.14 bits per heavy atom. The number of benzene rings is 2. The lowest BCUT2D eigenvalue weighted by Crippen LogP contribution is -2.34. The second-order valence-corrected chi connectivity index (χ2v) is 7.32. The van der Waals surface area contributed by atoms with Gasteiger partial charge in [0.1, 0.15) is 0 Å².